The predicted octanol–water partition coefficient (Wildman–Crippen LogP) is 2.70. The Morgan fingerprint density at radius 1 is 1.10 bits per heavy atom. The van der Waals surface area contributed by atoms with Gasteiger partial charge < -0.3 is 10.6 Å². The Kier molecular flexibility index (Phi) is 4.65. The maximum absolute atomic E-state index is 13.6. The predicted molar refractivity (Wildman–Crippen MR) is 76.5 cm³/mol. The van der Waals surface area contributed by atoms with E-state index in [0.29, 0.717) is 6.54 Å². The van der Waals surface area contributed by atoms with Crippen LogP contribution in [0, 0.1) is 11.6 Å². The molecule has 0 aliphatic rings. The van der Waals surface area contributed by atoms with Gasteiger partial charge in [0.1, 0.15) is 17.2 Å². The Morgan fingerprint density at radius 2 is 1.67 bits per heavy atom. The summed E-state index contributed by atoms with van der Waals surface area (Å²) < 4.78 is 27.2. The van der Waals surface area contributed by atoms with Gasteiger partial charge in [-0.15, -0.1) is 0 Å². The van der Waals surface area contributed by atoms with Crippen molar-refractivity contribution < 1.29 is 13.6 Å². The zero-order valence-corrected chi connectivity index (χ0v) is 11.6. The highest BCUT2D eigenvalue weighted by molar-refractivity contribution is 5.94. The van der Waals surface area contributed by atoms with Crippen LogP contribution in [0.2, 0.25) is 0 Å². The second-order valence-corrected chi connectivity index (χ2v) is 4.78. The van der Waals surface area contributed by atoms with Crippen molar-refractivity contribution in [2.45, 2.75) is 13.1 Å². The summed E-state index contributed by atoms with van der Waals surface area (Å²) in [7, 11) is 1.50. The summed E-state index contributed by atoms with van der Waals surface area (Å²) in [6, 6.07) is 10.8. The minimum atomic E-state index is -0.859. The first-order valence-corrected chi connectivity index (χ1v) is 6.50. The van der Waals surface area contributed by atoms with E-state index in [4.69, 9.17) is 5.73 Å². The Hall–Kier alpha value is -2.27. The normalized spacial score (nSPS) is 10.5. The third kappa shape index (κ3) is 3.44. The van der Waals surface area contributed by atoms with E-state index >= 15 is 0 Å². The fraction of sp³-hybridized carbons (Fsp3) is 0.188. The van der Waals surface area contributed by atoms with Crippen LogP contribution in [0.3, 0.4) is 0 Å². The average Bonchev–Trinajstić information content (AvgIpc) is 2.47. The second-order valence-electron chi connectivity index (χ2n) is 4.78. The lowest BCUT2D eigenvalue weighted by Crippen LogP contribution is -2.28. The molecule has 0 unspecified atom stereocenters. The Labute approximate surface area is 122 Å². The van der Waals surface area contributed by atoms with Crippen LogP contribution in [-0.4, -0.2) is 17.9 Å². The van der Waals surface area contributed by atoms with Gasteiger partial charge in [0.05, 0.1) is 0 Å². The van der Waals surface area contributed by atoms with Crippen LogP contribution in [0.25, 0.3) is 0 Å². The number of nitrogens with zero attached hydrogens (tertiary/aromatic N) is 1. The van der Waals surface area contributed by atoms with Crippen molar-refractivity contribution >= 4 is 5.91 Å². The maximum Gasteiger partial charge on any atom is 0.259 e. The molecule has 21 heavy (non-hydrogen) atoms. The smallest absolute Gasteiger partial charge is 0.259 e. The van der Waals surface area contributed by atoms with Crippen LogP contribution in [0.5, 0.6) is 0 Å². The lowest BCUT2D eigenvalue weighted by Gasteiger charge is -2.18. The SMILES string of the molecule is CN(Cc1cccc(CN)c1)C(=O)c1c(F)cccc1F. The lowest BCUT2D eigenvalue weighted by molar-refractivity contribution is 0.0775. The van der Waals surface area contributed by atoms with Gasteiger partial charge in [-0.05, 0) is 23.3 Å². The van der Waals surface area contributed by atoms with Gasteiger partial charge in [0.2, 0.25) is 0 Å². The van der Waals surface area contributed by atoms with E-state index in [1.807, 2.05) is 24.3 Å². The number of hydrogen-bond donors (Lipinski definition) is 1. The fourth-order valence-electron chi connectivity index (χ4n) is 2.09. The van der Waals surface area contributed by atoms with Crippen molar-refractivity contribution in [2.75, 3.05) is 7.05 Å². The molecule has 0 bridgehead atoms. The van der Waals surface area contributed by atoms with E-state index in [1.165, 1.54) is 18.0 Å². The van der Waals surface area contributed by atoms with E-state index < -0.39 is 23.1 Å². The monoisotopic (exact) mass is 290 g/mol. The summed E-state index contributed by atoms with van der Waals surface area (Å²) in [4.78, 5) is 13.4. The third-order valence-corrected chi connectivity index (χ3v) is 3.17. The average molecular weight is 290 g/mol. The number of amides is 1. The molecule has 2 N–H and O–H groups in total. The molecule has 0 radical (unpaired) electrons. The number of benzene rings is 2. The molecule has 0 aliphatic heterocycles. The van der Waals surface area contributed by atoms with Crippen LogP contribution < -0.4 is 5.73 Å². The molecule has 3 nitrogen and oxygen atoms in total. The molecule has 0 heterocycles. The number of carbonyl (C=O) groups is 1. The first-order chi connectivity index (χ1) is 10.0. The van der Waals surface area contributed by atoms with Gasteiger partial charge in [-0.2, -0.15) is 0 Å². The largest absolute Gasteiger partial charge is 0.337 e. The number of nitrogens with two attached hydrogens (primary N) is 1. The second kappa shape index (κ2) is 6.45. The summed E-state index contributed by atoms with van der Waals surface area (Å²) in [5.41, 5.74) is 6.82. The summed E-state index contributed by atoms with van der Waals surface area (Å²) in [5, 5.41) is 0. The van der Waals surface area contributed by atoms with E-state index in [2.05, 4.69) is 0 Å². The molecule has 0 saturated carbocycles. The maximum atomic E-state index is 13.6. The summed E-state index contributed by atoms with van der Waals surface area (Å²) in [5.74, 6) is -2.41. The van der Waals surface area contributed by atoms with Gasteiger partial charge in [-0.3, -0.25) is 4.79 Å². The van der Waals surface area contributed by atoms with E-state index in [9.17, 15) is 13.6 Å². The zero-order valence-electron chi connectivity index (χ0n) is 11.6. The molecule has 0 aromatic heterocycles. The molecule has 110 valence electrons. The molecule has 2 aromatic rings. The van der Waals surface area contributed by atoms with E-state index in [0.717, 1.165) is 23.3 Å². The fourth-order valence-corrected chi connectivity index (χ4v) is 2.09. The highest BCUT2D eigenvalue weighted by Gasteiger charge is 2.20. The quantitative estimate of drug-likeness (QED) is 0.941. The van der Waals surface area contributed by atoms with Crippen LogP contribution in [0.1, 0.15) is 21.5 Å². The van der Waals surface area contributed by atoms with Crippen molar-refractivity contribution in [1.29, 1.82) is 0 Å². The molecule has 0 atom stereocenters. The molecule has 0 spiro atoms. The van der Waals surface area contributed by atoms with Crippen molar-refractivity contribution in [1.82, 2.24) is 4.90 Å². The van der Waals surface area contributed by atoms with Crippen molar-refractivity contribution in [3.05, 3.63) is 70.8 Å². The molecule has 0 fully saturated rings. The molecule has 1 amide bonds. The van der Waals surface area contributed by atoms with Crippen molar-refractivity contribution in [2.24, 2.45) is 5.73 Å². The van der Waals surface area contributed by atoms with E-state index in [-0.39, 0.29) is 6.54 Å². The summed E-state index contributed by atoms with van der Waals surface area (Å²) >= 11 is 0. The number of rotatable bonds is 4. The van der Waals surface area contributed by atoms with Crippen LogP contribution in [-0.2, 0) is 13.1 Å². The highest BCUT2D eigenvalue weighted by Crippen LogP contribution is 2.16. The van der Waals surface area contributed by atoms with Gasteiger partial charge in [-0.1, -0.05) is 30.3 Å². The number of carbonyl (C=O) groups excluding carboxylic acids is 1. The van der Waals surface area contributed by atoms with Gasteiger partial charge in [0.15, 0.2) is 0 Å². The third-order valence-electron chi connectivity index (χ3n) is 3.17. The van der Waals surface area contributed by atoms with Gasteiger partial charge in [0, 0.05) is 20.1 Å². The molecule has 5 heteroatoms. The van der Waals surface area contributed by atoms with Gasteiger partial charge in [-0.25, -0.2) is 8.78 Å². The van der Waals surface area contributed by atoms with Crippen LogP contribution >= 0.6 is 0 Å². The Balaban J connectivity index is 2.19. The highest BCUT2D eigenvalue weighted by atomic mass is 19.1. The molecule has 0 saturated heterocycles. The van der Waals surface area contributed by atoms with Crippen molar-refractivity contribution in [3.8, 4) is 0 Å². The summed E-state index contributed by atoms with van der Waals surface area (Å²) in [6.45, 7) is 0.647. The molecule has 0 aliphatic carbocycles. The molecule has 2 rings (SSSR count). The first-order valence-electron chi connectivity index (χ1n) is 6.50. The molecular formula is C16H16F2N2O. The minimum Gasteiger partial charge on any atom is -0.337 e. The lowest BCUT2D eigenvalue weighted by atomic mass is 10.1. The molecular weight excluding hydrogens is 274 g/mol. The van der Waals surface area contributed by atoms with Gasteiger partial charge in [0.25, 0.3) is 5.91 Å². The Morgan fingerprint density at radius 3 is 2.29 bits per heavy atom. The van der Waals surface area contributed by atoms with Gasteiger partial charge >= 0.3 is 0 Å². The van der Waals surface area contributed by atoms with Crippen molar-refractivity contribution in [3.63, 3.8) is 0 Å². The van der Waals surface area contributed by atoms with E-state index in [1.54, 1.807) is 0 Å². The Bertz CT molecular complexity index is 638. The first kappa shape index (κ1) is 15.1. The minimum absolute atomic E-state index is 0.250. The number of halogens is 2. The standard InChI is InChI=1S/C16H16F2N2O/c1-20(10-12-5-2-4-11(8-12)9-19)16(21)15-13(17)6-3-7-14(15)18/h2-8H,9-10,19H2,1H3. The molecule has 2 aromatic carbocycles. The van der Waals surface area contributed by atoms with Crippen LogP contribution in [0.4, 0.5) is 8.78 Å². The topological polar surface area (TPSA) is 46.3 Å². The number of hydrogen-bond acceptors (Lipinski definition) is 2. The summed E-state index contributed by atoms with van der Waals surface area (Å²) in [6.07, 6.45) is 0. The zero-order chi connectivity index (χ0) is 15.4. The van der Waals surface area contributed by atoms with Crippen LogP contribution in [0.15, 0.2) is 42.5 Å².